The molecule has 0 spiro atoms. The van der Waals surface area contributed by atoms with Crippen LogP contribution in [0.2, 0.25) is 0 Å². The van der Waals surface area contributed by atoms with Crippen LogP contribution in [0.15, 0.2) is 78.9 Å². The third kappa shape index (κ3) is 6.68. The van der Waals surface area contributed by atoms with Crippen molar-refractivity contribution in [1.29, 1.82) is 0 Å². The summed E-state index contributed by atoms with van der Waals surface area (Å²) in [6.45, 7) is 0. The Morgan fingerprint density at radius 3 is 2.32 bits per heavy atom. The first-order chi connectivity index (χ1) is 12.2. The van der Waals surface area contributed by atoms with Crippen LogP contribution < -0.4 is 10.8 Å². The summed E-state index contributed by atoms with van der Waals surface area (Å²) in [6.07, 6.45) is 9.51. The highest BCUT2D eigenvalue weighted by atomic mass is 16.5. The van der Waals surface area contributed by atoms with E-state index in [4.69, 9.17) is 5.21 Å². The Labute approximate surface area is 146 Å². The minimum Gasteiger partial charge on any atom is -0.322 e. The maximum atomic E-state index is 11.9. The summed E-state index contributed by atoms with van der Waals surface area (Å²) in [6, 6.07) is 16.8. The molecule has 0 fully saturated rings. The van der Waals surface area contributed by atoms with E-state index >= 15 is 0 Å². The van der Waals surface area contributed by atoms with Crippen molar-refractivity contribution in [2.24, 2.45) is 0 Å². The number of carbonyl (C=O) groups is 2. The molecule has 0 bridgehead atoms. The predicted molar refractivity (Wildman–Crippen MR) is 98.7 cm³/mol. The highest BCUT2D eigenvalue weighted by molar-refractivity contribution is 5.99. The summed E-state index contributed by atoms with van der Waals surface area (Å²) >= 11 is 0. The molecule has 5 nitrogen and oxygen atoms in total. The lowest BCUT2D eigenvalue weighted by Crippen LogP contribution is -2.14. The number of hydrogen-bond donors (Lipinski definition) is 3. The van der Waals surface area contributed by atoms with Gasteiger partial charge in [-0.05, 0) is 29.3 Å². The molecule has 2 aromatic rings. The maximum Gasteiger partial charge on any atom is 0.267 e. The minimum atomic E-state index is -0.623. The Morgan fingerprint density at radius 1 is 0.800 bits per heavy atom. The van der Waals surface area contributed by atoms with Crippen molar-refractivity contribution in [3.8, 4) is 0 Å². The zero-order valence-corrected chi connectivity index (χ0v) is 13.4. The largest absolute Gasteiger partial charge is 0.322 e. The van der Waals surface area contributed by atoms with E-state index in [1.165, 1.54) is 23.7 Å². The molecule has 2 amide bonds. The molecule has 0 atom stereocenters. The summed E-state index contributed by atoms with van der Waals surface area (Å²) < 4.78 is 0. The molecule has 0 radical (unpaired) electrons. The fourth-order valence-corrected chi connectivity index (χ4v) is 1.99. The zero-order chi connectivity index (χ0) is 17.9. The highest BCUT2D eigenvalue weighted by Gasteiger charge is 1.98. The van der Waals surface area contributed by atoms with Crippen molar-refractivity contribution in [3.63, 3.8) is 0 Å². The van der Waals surface area contributed by atoms with E-state index in [0.717, 1.165) is 5.56 Å². The SMILES string of the molecule is O=C(/C=C/c1cccc(NC(=O)/C=C/C=C/c2ccccc2)c1)NO. The van der Waals surface area contributed by atoms with Crippen molar-refractivity contribution in [2.45, 2.75) is 0 Å². The standard InChI is InChI=1S/C20H18N2O3/c23-19(12-5-4-9-16-7-2-1-3-8-16)21-18-11-6-10-17(15-18)13-14-20(24)22-25/h1-15,25H,(H,21,23)(H,22,24)/b9-4+,12-5+,14-13+. The van der Waals surface area contributed by atoms with Gasteiger partial charge >= 0.3 is 0 Å². The summed E-state index contributed by atoms with van der Waals surface area (Å²) in [5.41, 5.74) is 3.89. The highest BCUT2D eigenvalue weighted by Crippen LogP contribution is 2.12. The Bertz CT molecular complexity index is 809. The molecule has 25 heavy (non-hydrogen) atoms. The van der Waals surface area contributed by atoms with Crippen LogP contribution in [0.5, 0.6) is 0 Å². The average Bonchev–Trinajstić information content (AvgIpc) is 2.64. The summed E-state index contributed by atoms with van der Waals surface area (Å²) in [4.78, 5) is 22.9. The Hall–Kier alpha value is -3.44. The van der Waals surface area contributed by atoms with E-state index in [9.17, 15) is 9.59 Å². The number of carbonyl (C=O) groups excluding carboxylic acids is 2. The minimum absolute atomic E-state index is 0.257. The molecule has 0 saturated carbocycles. The molecule has 2 rings (SSSR count). The lowest BCUT2D eigenvalue weighted by atomic mass is 10.2. The number of amides is 2. The van der Waals surface area contributed by atoms with Crippen molar-refractivity contribution < 1.29 is 14.8 Å². The molecule has 0 saturated heterocycles. The second-order valence-corrected chi connectivity index (χ2v) is 5.05. The van der Waals surface area contributed by atoms with Crippen molar-refractivity contribution >= 4 is 29.7 Å². The van der Waals surface area contributed by atoms with Gasteiger partial charge in [-0.3, -0.25) is 14.8 Å². The quantitative estimate of drug-likeness (QED) is 0.328. The fraction of sp³-hybridized carbons (Fsp3) is 0. The topological polar surface area (TPSA) is 78.4 Å². The summed E-state index contributed by atoms with van der Waals surface area (Å²) in [7, 11) is 0. The van der Waals surface area contributed by atoms with Gasteiger partial charge in [0.1, 0.15) is 0 Å². The first-order valence-electron chi connectivity index (χ1n) is 7.60. The van der Waals surface area contributed by atoms with E-state index in [1.54, 1.807) is 36.4 Å². The third-order valence-electron chi connectivity index (χ3n) is 3.14. The van der Waals surface area contributed by atoms with Crippen molar-refractivity contribution in [2.75, 3.05) is 5.32 Å². The smallest absolute Gasteiger partial charge is 0.267 e. The van der Waals surface area contributed by atoms with E-state index in [-0.39, 0.29) is 5.91 Å². The van der Waals surface area contributed by atoms with Crippen LogP contribution in [0.25, 0.3) is 12.2 Å². The summed E-state index contributed by atoms with van der Waals surface area (Å²) in [5, 5.41) is 11.2. The molecule has 0 aromatic heterocycles. The molecule has 5 heteroatoms. The number of anilines is 1. The third-order valence-corrected chi connectivity index (χ3v) is 3.14. The van der Waals surface area contributed by atoms with Gasteiger partial charge in [0.15, 0.2) is 0 Å². The van der Waals surface area contributed by atoms with Crippen LogP contribution in [0.1, 0.15) is 11.1 Å². The molecule has 3 N–H and O–H groups in total. The second-order valence-electron chi connectivity index (χ2n) is 5.05. The van der Waals surface area contributed by atoms with Crippen LogP contribution in [-0.4, -0.2) is 17.0 Å². The van der Waals surface area contributed by atoms with Gasteiger partial charge in [0.2, 0.25) is 5.91 Å². The lowest BCUT2D eigenvalue weighted by Gasteiger charge is -2.03. The van der Waals surface area contributed by atoms with Crippen LogP contribution in [0.3, 0.4) is 0 Å². The van der Waals surface area contributed by atoms with E-state index < -0.39 is 5.91 Å². The Morgan fingerprint density at radius 2 is 1.56 bits per heavy atom. The van der Waals surface area contributed by atoms with Gasteiger partial charge in [-0.1, -0.05) is 60.7 Å². The molecule has 0 unspecified atom stereocenters. The number of benzene rings is 2. The van der Waals surface area contributed by atoms with E-state index in [2.05, 4.69) is 5.32 Å². The van der Waals surface area contributed by atoms with Gasteiger partial charge in [0.25, 0.3) is 5.91 Å². The molecular formula is C20H18N2O3. The molecule has 2 aromatic carbocycles. The Balaban J connectivity index is 1.92. The first-order valence-corrected chi connectivity index (χ1v) is 7.60. The van der Waals surface area contributed by atoms with Crippen LogP contribution >= 0.6 is 0 Å². The van der Waals surface area contributed by atoms with Gasteiger partial charge in [-0.25, -0.2) is 5.48 Å². The molecule has 0 aliphatic carbocycles. The number of nitrogens with one attached hydrogen (secondary N) is 2. The molecular weight excluding hydrogens is 316 g/mol. The lowest BCUT2D eigenvalue weighted by molar-refractivity contribution is -0.124. The van der Waals surface area contributed by atoms with Gasteiger partial charge < -0.3 is 5.32 Å². The maximum absolute atomic E-state index is 11.9. The van der Waals surface area contributed by atoms with Gasteiger partial charge in [0.05, 0.1) is 0 Å². The monoisotopic (exact) mass is 334 g/mol. The predicted octanol–water partition coefficient (Wildman–Crippen LogP) is 3.41. The molecule has 0 aliphatic rings. The van der Waals surface area contributed by atoms with E-state index in [0.29, 0.717) is 11.3 Å². The normalized spacial score (nSPS) is 11.2. The zero-order valence-electron chi connectivity index (χ0n) is 13.4. The van der Waals surface area contributed by atoms with Gasteiger partial charge in [-0.2, -0.15) is 0 Å². The second kappa shape index (κ2) is 9.64. The first kappa shape index (κ1) is 17.9. The molecule has 0 heterocycles. The van der Waals surface area contributed by atoms with Crippen LogP contribution in [-0.2, 0) is 9.59 Å². The van der Waals surface area contributed by atoms with Crippen molar-refractivity contribution in [3.05, 3.63) is 90.0 Å². The van der Waals surface area contributed by atoms with Gasteiger partial charge in [-0.15, -0.1) is 0 Å². The number of hydroxylamine groups is 1. The molecule has 126 valence electrons. The number of rotatable bonds is 6. The number of hydrogen-bond acceptors (Lipinski definition) is 3. The summed E-state index contributed by atoms with van der Waals surface area (Å²) in [5.74, 6) is -0.880. The number of allylic oxidation sites excluding steroid dienone is 2. The molecule has 0 aliphatic heterocycles. The average molecular weight is 334 g/mol. The Kier molecular flexibility index (Phi) is 6.91. The fourth-order valence-electron chi connectivity index (χ4n) is 1.99. The van der Waals surface area contributed by atoms with Crippen molar-refractivity contribution in [1.82, 2.24) is 5.48 Å². The van der Waals surface area contributed by atoms with Crippen LogP contribution in [0.4, 0.5) is 5.69 Å². The van der Waals surface area contributed by atoms with E-state index in [1.807, 2.05) is 36.4 Å². The van der Waals surface area contributed by atoms with Crippen LogP contribution in [0, 0.1) is 0 Å². The van der Waals surface area contributed by atoms with Gasteiger partial charge in [0, 0.05) is 17.8 Å².